The molecule has 0 aliphatic rings. The van der Waals surface area contributed by atoms with Crippen molar-refractivity contribution in [2.45, 2.75) is 39.8 Å². The molecule has 0 unspecified atom stereocenters. The monoisotopic (exact) mass is 326 g/mol. The summed E-state index contributed by atoms with van der Waals surface area (Å²) < 4.78 is 5.35. The second kappa shape index (κ2) is 9.08. The van der Waals surface area contributed by atoms with Crippen LogP contribution >= 0.6 is 0 Å². The Bertz CT molecular complexity index is 683. The molecule has 0 aliphatic carbocycles. The van der Waals surface area contributed by atoms with E-state index in [1.54, 1.807) is 7.11 Å². The summed E-state index contributed by atoms with van der Waals surface area (Å²) in [6.07, 6.45) is 1.41. The number of aryl methyl sites for hydroxylation is 1. The van der Waals surface area contributed by atoms with Crippen LogP contribution in [0.1, 0.15) is 36.5 Å². The lowest BCUT2D eigenvalue weighted by molar-refractivity contribution is -0.116. The van der Waals surface area contributed by atoms with Crippen molar-refractivity contribution in [3.63, 3.8) is 0 Å². The van der Waals surface area contributed by atoms with Gasteiger partial charge in [-0.25, -0.2) is 0 Å². The largest absolute Gasteiger partial charge is 0.496 e. The summed E-state index contributed by atoms with van der Waals surface area (Å²) in [5.41, 5.74) is 4.31. The third-order valence-corrected chi connectivity index (χ3v) is 3.82. The molecule has 1 amide bonds. The average Bonchev–Trinajstić information content (AvgIpc) is 2.57. The van der Waals surface area contributed by atoms with Crippen LogP contribution in [0.3, 0.4) is 0 Å². The highest BCUT2D eigenvalue weighted by atomic mass is 16.5. The maximum atomic E-state index is 11.7. The quantitative estimate of drug-likeness (QED) is 0.770. The minimum Gasteiger partial charge on any atom is -0.496 e. The molecule has 0 heterocycles. The van der Waals surface area contributed by atoms with Crippen molar-refractivity contribution in [2.75, 3.05) is 12.4 Å². The van der Waals surface area contributed by atoms with E-state index in [4.69, 9.17) is 4.74 Å². The van der Waals surface area contributed by atoms with Crippen molar-refractivity contribution in [3.05, 3.63) is 59.2 Å². The second-order valence-corrected chi connectivity index (χ2v) is 5.91. The van der Waals surface area contributed by atoms with Gasteiger partial charge >= 0.3 is 0 Å². The molecule has 0 bridgehead atoms. The summed E-state index contributed by atoms with van der Waals surface area (Å²) in [4.78, 5) is 11.7. The molecule has 4 heteroatoms. The van der Waals surface area contributed by atoms with Crippen molar-refractivity contribution < 1.29 is 9.53 Å². The van der Waals surface area contributed by atoms with Crippen LogP contribution in [0.15, 0.2) is 42.5 Å². The van der Waals surface area contributed by atoms with Gasteiger partial charge in [0.25, 0.3) is 0 Å². The van der Waals surface area contributed by atoms with Gasteiger partial charge < -0.3 is 15.4 Å². The topological polar surface area (TPSA) is 50.4 Å². The number of hydrogen-bond acceptors (Lipinski definition) is 3. The van der Waals surface area contributed by atoms with Crippen LogP contribution in [0.5, 0.6) is 5.75 Å². The first kappa shape index (κ1) is 18.0. The van der Waals surface area contributed by atoms with E-state index in [2.05, 4.69) is 34.9 Å². The van der Waals surface area contributed by atoms with E-state index in [-0.39, 0.29) is 5.91 Å². The molecule has 128 valence electrons. The molecule has 24 heavy (non-hydrogen) atoms. The molecule has 0 radical (unpaired) electrons. The summed E-state index contributed by atoms with van der Waals surface area (Å²) in [6.45, 7) is 5.55. The standard InChI is InChI=1S/C20H26N2O2/c1-4-6-20(23)22-18-8-5-7-16(11-18)13-21-14-17-10-9-15(2)19(12-17)24-3/h5,7-12,21H,4,6,13-14H2,1-3H3,(H,22,23). The van der Waals surface area contributed by atoms with Gasteiger partial charge in [0, 0.05) is 25.2 Å². The number of nitrogens with one attached hydrogen (secondary N) is 2. The zero-order chi connectivity index (χ0) is 17.4. The Balaban J connectivity index is 1.89. The van der Waals surface area contributed by atoms with Gasteiger partial charge in [0.1, 0.15) is 5.75 Å². The Morgan fingerprint density at radius 2 is 1.83 bits per heavy atom. The molecular formula is C20H26N2O2. The highest BCUT2D eigenvalue weighted by Gasteiger charge is 2.03. The van der Waals surface area contributed by atoms with Gasteiger partial charge in [0.15, 0.2) is 0 Å². The Morgan fingerprint density at radius 1 is 1.08 bits per heavy atom. The molecular weight excluding hydrogens is 300 g/mol. The lowest BCUT2D eigenvalue weighted by Gasteiger charge is -2.10. The number of carbonyl (C=O) groups excluding carboxylic acids is 1. The highest BCUT2D eigenvalue weighted by Crippen LogP contribution is 2.19. The number of hydrogen-bond donors (Lipinski definition) is 2. The third-order valence-electron chi connectivity index (χ3n) is 3.82. The summed E-state index contributed by atoms with van der Waals surface area (Å²) in [5, 5.41) is 6.36. The van der Waals surface area contributed by atoms with Gasteiger partial charge in [-0.2, -0.15) is 0 Å². The summed E-state index contributed by atoms with van der Waals surface area (Å²) in [7, 11) is 1.69. The molecule has 0 spiro atoms. The van der Waals surface area contributed by atoms with Crippen LogP contribution < -0.4 is 15.4 Å². The van der Waals surface area contributed by atoms with E-state index in [1.165, 1.54) is 5.56 Å². The van der Waals surface area contributed by atoms with Crippen molar-refractivity contribution in [2.24, 2.45) is 0 Å². The first-order valence-corrected chi connectivity index (χ1v) is 8.35. The molecule has 0 saturated heterocycles. The molecule has 4 nitrogen and oxygen atoms in total. The Hall–Kier alpha value is -2.33. The summed E-state index contributed by atoms with van der Waals surface area (Å²) >= 11 is 0. The number of ether oxygens (including phenoxy) is 1. The lowest BCUT2D eigenvalue weighted by Crippen LogP contribution is -2.14. The molecule has 0 aliphatic heterocycles. The fourth-order valence-electron chi connectivity index (χ4n) is 2.54. The van der Waals surface area contributed by atoms with E-state index in [0.29, 0.717) is 6.42 Å². The van der Waals surface area contributed by atoms with Crippen LogP contribution in [0.25, 0.3) is 0 Å². The first-order valence-electron chi connectivity index (χ1n) is 8.35. The van der Waals surface area contributed by atoms with Crippen molar-refractivity contribution >= 4 is 11.6 Å². The first-order chi connectivity index (χ1) is 11.6. The van der Waals surface area contributed by atoms with Crippen LogP contribution in [-0.4, -0.2) is 13.0 Å². The van der Waals surface area contributed by atoms with Gasteiger partial charge in [-0.15, -0.1) is 0 Å². The molecule has 2 rings (SSSR count). The maximum Gasteiger partial charge on any atom is 0.224 e. The van der Waals surface area contributed by atoms with Gasteiger partial charge in [0.2, 0.25) is 5.91 Å². The SMILES string of the molecule is CCCC(=O)Nc1cccc(CNCc2ccc(C)c(OC)c2)c1. The minimum atomic E-state index is 0.0642. The fraction of sp³-hybridized carbons (Fsp3) is 0.350. The van der Waals surface area contributed by atoms with Crippen LogP contribution in [-0.2, 0) is 17.9 Å². The minimum absolute atomic E-state index is 0.0642. The van der Waals surface area contributed by atoms with E-state index < -0.39 is 0 Å². The number of amides is 1. The van der Waals surface area contributed by atoms with E-state index in [9.17, 15) is 4.79 Å². The zero-order valence-electron chi connectivity index (χ0n) is 14.7. The molecule has 0 aromatic heterocycles. The molecule has 2 aromatic carbocycles. The van der Waals surface area contributed by atoms with Gasteiger partial charge in [-0.05, 0) is 48.2 Å². The number of methoxy groups -OCH3 is 1. The van der Waals surface area contributed by atoms with Crippen LogP contribution in [0, 0.1) is 6.92 Å². The predicted molar refractivity (Wildman–Crippen MR) is 98.3 cm³/mol. The number of carbonyl (C=O) groups is 1. The van der Waals surface area contributed by atoms with Gasteiger partial charge in [0.05, 0.1) is 7.11 Å². The Labute approximate surface area is 144 Å². The average molecular weight is 326 g/mol. The molecule has 0 atom stereocenters. The number of rotatable bonds is 8. The lowest BCUT2D eigenvalue weighted by atomic mass is 10.1. The van der Waals surface area contributed by atoms with Crippen molar-refractivity contribution in [1.29, 1.82) is 0 Å². The van der Waals surface area contributed by atoms with E-state index in [1.807, 2.05) is 32.0 Å². The molecule has 2 N–H and O–H groups in total. The van der Waals surface area contributed by atoms with Gasteiger partial charge in [-0.3, -0.25) is 4.79 Å². The Kier molecular flexibility index (Phi) is 6.82. The Morgan fingerprint density at radius 3 is 2.54 bits per heavy atom. The fourth-order valence-corrected chi connectivity index (χ4v) is 2.54. The van der Waals surface area contributed by atoms with E-state index >= 15 is 0 Å². The third kappa shape index (κ3) is 5.39. The number of benzene rings is 2. The van der Waals surface area contributed by atoms with Gasteiger partial charge in [-0.1, -0.05) is 31.2 Å². The summed E-state index contributed by atoms with van der Waals surface area (Å²) in [5.74, 6) is 0.976. The summed E-state index contributed by atoms with van der Waals surface area (Å²) in [6, 6.07) is 14.2. The highest BCUT2D eigenvalue weighted by molar-refractivity contribution is 5.90. The van der Waals surface area contributed by atoms with E-state index in [0.717, 1.165) is 42.1 Å². The molecule has 0 fully saturated rings. The van der Waals surface area contributed by atoms with Crippen LogP contribution in [0.2, 0.25) is 0 Å². The number of anilines is 1. The maximum absolute atomic E-state index is 11.7. The second-order valence-electron chi connectivity index (χ2n) is 5.91. The zero-order valence-corrected chi connectivity index (χ0v) is 14.7. The predicted octanol–water partition coefficient (Wildman–Crippen LogP) is 4.03. The smallest absolute Gasteiger partial charge is 0.224 e. The molecule has 2 aromatic rings. The molecule has 0 saturated carbocycles. The van der Waals surface area contributed by atoms with Crippen molar-refractivity contribution in [1.82, 2.24) is 5.32 Å². The van der Waals surface area contributed by atoms with Crippen molar-refractivity contribution in [3.8, 4) is 5.75 Å². The normalized spacial score (nSPS) is 10.5. The van der Waals surface area contributed by atoms with Crippen LogP contribution in [0.4, 0.5) is 5.69 Å².